The Hall–Kier alpha value is -2.31. The lowest BCUT2D eigenvalue weighted by atomic mass is 10.3. The first kappa shape index (κ1) is 14.6. The quantitative estimate of drug-likeness (QED) is 0.727. The summed E-state index contributed by atoms with van der Waals surface area (Å²) in [7, 11) is 0. The minimum absolute atomic E-state index is 0.542. The number of halogens is 2. The van der Waals surface area contributed by atoms with Gasteiger partial charge in [0, 0.05) is 27.9 Å². The molecule has 1 aromatic carbocycles. The zero-order chi connectivity index (χ0) is 15.5. The van der Waals surface area contributed by atoms with Gasteiger partial charge in [0.25, 0.3) is 0 Å². The van der Waals surface area contributed by atoms with Crippen LogP contribution in [0.2, 0.25) is 10.0 Å². The van der Waals surface area contributed by atoms with Crippen molar-refractivity contribution < 1.29 is 4.52 Å². The Kier molecular flexibility index (Phi) is 4.13. The summed E-state index contributed by atoms with van der Waals surface area (Å²) in [6, 6.07) is 8.67. The van der Waals surface area contributed by atoms with Crippen molar-refractivity contribution in [2.45, 2.75) is 6.92 Å². The van der Waals surface area contributed by atoms with Crippen LogP contribution in [0, 0.1) is 6.92 Å². The van der Waals surface area contributed by atoms with Gasteiger partial charge in [-0.15, -0.1) is 0 Å². The van der Waals surface area contributed by atoms with Crippen molar-refractivity contribution in [2.24, 2.45) is 0 Å². The molecule has 2 N–H and O–H groups in total. The number of nitrogens with one attached hydrogen (secondary N) is 2. The molecule has 22 heavy (non-hydrogen) atoms. The molecule has 112 valence electrons. The monoisotopic (exact) mass is 335 g/mol. The van der Waals surface area contributed by atoms with Crippen LogP contribution in [0.25, 0.3) is 0 Å². The lowest BCUT2D eigenvalue weighted by molar-refractivity contribution is 0.400. The highest BCUT2D eigenvalue weighted by molar-refractivity contribution is 6.35. The molecule has 0 spiro atoms. The SMILES string of the molecule is Cc1cc(Nc2cc(Nc3cc(Cl)cc(Cl)c3)ncn2)no1. The zero-order valence-electron chi connectivity index (χ0n) is 11.5. The molecule has 0 aliphatic rings. The van der Waals surface area contributed by atoms with Crippen LogP contribution in [-0.2, 0) is 0 Å². The number of hydrogen-bond donors (Lipinski definition) is 2. The van der Waals surface area contributed by atoms with Gasteiger partial charge in [-0.2, -0.15) is 0 Å². The normalized spacial score (nSPS) is 10.5. The Bertz CT molecular complexity index is 785. The van der Waals surface area contributed by atoms with Crippen molar-refractivity contribution in [3.8, 4) is 0 Å². The Morgan fingerprint density at radius 1 is 0.864 bits per heavy atom. The predicted octanol–water partition coefficient (Wildman–Crippen LogP) is 4.57. The molecule has 2 aromatic heterocycles. The molecule has 2 heterocycles. The van der Waals surface area contributed by atoms with Gasteiger partial charge in [0.15, 0.2) is 5.82 Å². The van der Waals surface area contributed by atoms with E-state index in [1.807, 2.05) is 6.92 Å². The molecule has 0 aliphatic carbocycles. The first-order valence-corrected chi connectivity index (χ1v) is 7.09. The first-order chi connectivity index (χ1) is 10.6. The van der Waals surface area contributed by atoms with Gasteiger partial charge in [-0.25, -0.2) is 9.97 Å². The van der Waals surface area contributed by atoms with E-state index in [1.54, 1.807) is 30.3 Å². The standard InChI is InChI=1S/C14H11Cl2N5O/c1-8-2-14(21-22-8)20-13-6-12(17-7-18-13)19-11-4-9(15)3-10(16)5-11/h2-7H,1H3,(H2,17,18,19,20,21). The van der Waals surface area contributed by atoms with E-state index < -0.39 is 0 Å². The number of anilines is 4. The van der Waals surface area contributed by atoms with Gasteiger partial charge in [-0.1, -0.05) is 28.4 Å². The lowest BCUT2D eigenvalue weighted by Gasteiger charge is -2.08. The van der Waals surface area contributed by atoms with Crippen LogP contribution in [0.3, 0.4) is 0 Å². The number of nitrogens with zero attached hydrogens (tertiary/aromatic N) is 3. The zero-order valence-corrected chi connectivity index (χ0v) is 13.0. The fraction of sp³-hybridized carbons (Fsp3) is 0.0714. The maximum Gasteiger partial charge on any atom is 0.175 e. The summed E-state index contributed by atoms with van der Waals surface area (Å²) in [4.78, 5) is 8.27. The molecule has 0 saturated carbocycles. The molecule has 0 atom stereocenters. The van der Waals surface area contributed by atoms with Gasteiger partial charge in [0.05, 0.1) is 0 Å². The second-order valence-corrected chi connectivity index (χ2v) is 5.39. The second kappa shape index (κ2) is 6.21. The summed E-state index contributed by atoms with van der Waals surface area (Å²) in [6.45, 7) is 1.81. The molecule has 0 radical (unpaired) electrons. The lowest BCUT2D eigenvalue weighted by Crippen LogP contribution is -1.98. The first-order valence-electron chi connectivity index (χ1n) is 6.34. The maximum absolute atomic E-state index is 5.97. The van der Waals surface area contributed by atoms with Crippen molar-refractivity contribution in [2.75, 3.05) is 10.6 Å². The molecular weight excluding hydrogens is 325 g/mol. The van der Waals surface area contributed by atoms with Crippen LogP contribution in [0.1, 0.15) is 5.76 Å². The van der Waals surface area contributed by atoms with Gasteiger partial charge >= 0.3 is 0 Å². The van der Waals surface area contributed by atoms with E-state index in [9.17, 15) is 0 Å². The Morgan fingerprint density at radius 2 is 1.55 bits per heavy atom. The average Bonchev–Trinajstić information content (AvgIpc) is 2.83. The van der Waals surface area contributed by atoms with Crippen LogP contribution in [0.5, 0.6) is 0 Å². The third-order valence-corrected chi connectivity index (χ3v) is 3.12. The number of aryl methyl sites for hydroxylation is 1. The fourth-order valence-corrected chi connectivity index (χ4v) is 2.35. The molecule has 3 rings (SSSR count). The molecule has 0 saturated heterocycles. The van der Waals surface area contributed by atoms with E-state index in [4.69, 9.17) is 27.7 Å². The van der Waals surface area contributed by atoms with Gasteiger partial charge in [-0.3, -0.25) is 0 Å². The fourth-order valence-electron chi connectivity index (χ4n) is 1.82. The van der Waals surface area contributed by atoms with Crippen LogP contribution < -0.4 is 10.6 Å². The molecule has 6 nitrogen and oxygen atoms in total. The summed E-state index contributed by atoms with van der Waals surface area (Å²) in [6.07, 6.45) is 1.43. The molecule has 3 aromatic rings. The van der Waals surface area contributed by atoms with Crippen LogP contribution in [0.4, 0.5) is 23.1 Å². The summed E-state index contributed by atoms with van der Waals surface area (Å²) in [5, 5.41) is 11.1. The summed E-state index contributed by atoms with van der Waals surface area (Å²) in [5.41, 5.74) is 0.736. The average molecular weight is 336 g/mol. The van der Waals surface area contributed by atoms with E-state index in [1.165, 1.54) is 6.33 Å². The number of rotatable bonds is 4. The van der Waals surface area contributed by atoms with Gasteiger partial charge in [0.2, 0.25) is 0 Å². The molecule has 8 heteroatoms. The van der Waals surface area contributed by atoms with Crippen LogP contribution in [0.15, 0.2) is 41.2 Å². The van der Waals surface area contributed by atoms with Crippen molar-refractivity contribution in [1.82, 2.24) is 15.1 Å². The van der Waals surface area contributed by atoms with Gasteiger partial charge < -0.3 is 15.2 Å². The third-order valence-electron chi connectivity index (χ3n) is 2.69. The van der Waals surface area contributed by atoms with E-state index >= 15 is 0 Å². The molecule has 0 unspecified atom stereocenters. The van der Waals surface area contributed by atoms with Crippen molar-refractivity contribution in [3.05, 3.63) is 52.5 Å². The predicted molar refractivity (Wildman–Crippen MR) is 86.3 cm³/mol. The molecule has 0 amide bonds. The van der Waals surface area contributed by atoms with E-state index in [0.717, 1.165) is 5.69 Å². The number of benzene rings is 1. The highest BCUT2D eigenvalue weighted by Crippen LogP contribution is 2.25. The topological polar surface area (TPSA) is 75.9 Å². The highest BCUT2D eigenvalue weighted by atomic mass is 35.5. The molecule has 0 bridgehead atoms. The third kappa shape index (κ3) is 3.66. The van der Waals surface area contributed by atoms with Crippen molar-refractivity contribution >= 4 is 46.3 Å². The van der Waals surface area contributed by atoms with Gasteiger partial charge in [-0.05, 0) is 25.1 Å². The number of aromatic nitrogens is 3. The Balaban J connectivity index is 1.78. The summed E-state index contributed by atoms with van der Waals surface area (Å²) < 4.78 is 4.99. The van der Waals surface area contributed by atoms with Crippen molar-refractivity contribution in [3.63, 3.8) is 0 Å². The van der Waals surface area contributed by atoms with E-state index in [0.29, 0.717) is 33.3 Å². The Morgan fingerprint density at radius 3 is 2.18 bits per heavy atom. The minimum atomic E-state index is 0.542. The Labute approximate surface area is 136 Å². The smallest absolute Gasteiger partial charge is 0.175 e. The summed E-state index contributed by atoms with van der Waals surface area (Å²) >= 11 is 11.9. The number of hydrogen-bond acceptors (Lipinski definition) is 6. The van der Waals surface area contributed by atoms with Crippen molar-refractivity contribution in [1.29, 1.82) is 0 Å². The molecule has 0 aliphatic heterocycles. The molecule has 0 fully saturated rings. The highest BCUT2D eigenvalue weighted by Gasteiger charge is 2.05. The molecular formula is C14H11Cl2N5O. The van der Waals surface area contributed by atoms with Crippen LogP contribution in [-0.4, -0.2) is 15.1 Å². The minimum Gasteiger partial charge on any atom is -0.360 e. The van der Waals surface area contributed by atoms with Crippen LogP contribution >= 0.6 is 23.2 Å². The van der Waals surface area contributed by atoms with Gasteiger partial charge in [0.1, 0.15) is 23.7 Å². The largest absolute Gasteiger partial charge is 0.360 e. The second-order valence-electron chi connectivity index (χ2n) is 4.52. The summed E-state index contributed by atoms with van der Waals surface area (Å²) in [5.74, 6) is 2.46. The van der Waals surface area contributed by atoms with E-state index in [-0.39, 0.29) is 0 Å². The van der Waals surface area contributed by atoms with E-state index in [2.05, 4.69) is 25.8 Å². The maximum atomic E-state index is 5.97.